The molecule has 182 valence electrons. The fraction of sp³-hybridized carbons (Fsp3) is 0.280. The summed E-state index contributed by atoms with van der Waals surface area (Å²) in [5.74, 6) is -4.59. The number of piperidine rings is 1. The highest BCUT2D eigenvalue weighted by atomic mass is 32.2. The smallest absolute Gasteiger partial charge is 0.275 e. The number of aromatic nitrogens is 1. The first-order valence-corrected chi connectivity index (χ1v) is 12.1. The van der Waals surface area contributed by atoms with Gasteiger partial charge in [-0.15, -0.1) is 11.8 Å². The third kappa shape index (κ3) is 4.43. The molecule has 1 aromatic heterocycles. The summed E-state index contributed by atoms with van der Waals surface area (Å²) >= 11 is 1.53. The number of hydrogen-bond acceptors (Lipinski definition) is 5. The summed E-state index contributed by atoms with van der Waals surface area (Å²) < 4.78 is 44.3. The first-order chi connectivity index (χ1) is 16.7. The van der Waals surface area contributed by atoms with Gasteiger partial charge in [-0.1, -0.05) is 30.3 Å². The zero-order chi connectivity index (χ0) is 24.7. The van der Waals surface area contributed by atoms with E-state index in [-0.39, 0.29) is 12.2 Å². The predicted octanol–water partition coefficient (Wildman–Crippen LogP) is 4.40. The van der Waals surface area contributed by atoms with Crippen LogP contribution in [0.3, 0.4) is 0 Å². The maximum Gasteiger partial charge on any atom is 0.275 e. The van der Waals surface area contributed by atoms with Gasteiger partial charge in [0.25, 0.3) is 11.8 Å². The van der Waals surface area contributed by atoms with Crippen LogP contribution < -0.4 is 10.7 Å². The van der Waals surface area contributed by atoms with E-state index in [1.807, 2.05) is 18.2 Å². The molecule has 1 amide bonds. The number of amides is 1. The number of hydrogen-bond donors (Lipinski definition) is 3. The molecule has 2 aromatic carbocycles. The van der Waals surface area contributed by atoms with Crippen molar-refractivity contribution in [3.05, 3.63) is 93.2 Å². The van der Waals surface area contributed by atoms with Crippen LogP contribution in [0, 0.1) is 5.82 Å². The van der Waals surface area contributed by atoms with Gasteiger partial charge in [-0.3, -0.25) is 14.9 Å². The molecule has 0 radical (unpaired) electrons. The van der Waals surface area contributed by atoms with Crippen molar-refractivity contribution in [2.45, 2.75) is 41.6 Å². The number of likely N-dealkylation sites (tertiary alicyclic amines) is 1. The SMILES string of the molecule is O=C(c1[nH]ccc(=O)c1O)N1CCC(F)(F)C[C@H]1N[C@@H]1c2ccccc2SCc2cccc(F)c21. The number of pyridine rings is 1. The van der Waals surface area contributed by atoms with Crippen molar-refractivity contribution in [3.8, 4) is 5.75 Å². The van der Waals surface area contributed by atoms with Crippen LogP contribution in [0.4, 0.5) is 13.2 Å². The van der Waals surface area contributed by atoms with E-state index in [2.05, 4.69) is 10.3 Å². The van der Waals surface area contributed by atoms with E-state index in [9.17, 15) is 23.5 Å². The molecule has 0 bridgehead atoms. The summed E-state index contributed by atoms with van der Waals surface area (Å²) in [6, 6.07) is 12.4. The largest absolute Gasteiger partial charge is 0.503 e. The molecule has 3 aromatic rings. The van der Waals surface area contributed by atoms with Crippen molar-refractivity contribution in [2.24, 2.45) is 0 Å². The van der Waals surface area contributed by atoms with Crippen LogP contribution in [-0.4, -0.2) is 39.5 Å². The fourth-order valence-corrected chi connectivity index (χ4v) is 5.75. The number of halogens is 3. The lowest BCUT2D eigenvalue weighted by Gasteiger charge is -2.41. The van der Waals surface area contributed by atoms with Crippen LogP contribution in [0.15, 0.2) is 64.4 Å². The first-order valence-electron chi connectivity index (χ1n) is 11.1. The molecule has 35 heavy (non-hydrogen) atoms. The van der Waals surface area contributed by atoms with E-state index >= 15 is 4.39 Å². The van der Waals surface area contributed by atoms with E-state index in [1.165, 1.54) is 28.9 Å². The van der Waals surface area contributed by atoms with Crippen molar-refractivity contribution in [2.75, 3.05) is 6.54 Å². The Kier molecular flexibility index (Phi) is 6.10. The number of rotatable bonds is 3. The summed E-state index contributed by atoms with van der Waals surface area (Å²) in [7, 11) is 0. The van der Waals surface area contributed by atoms with Gasteiger partial charge in [0.15, 0.2) is 11.4 Å². The van der Waals surface area contributed by atoms with Gasteiger partial charge in [0.1, 0.15) is 5.82 Å². The lowest BCUT2D eigenvalue weighted by molar-refractivity contribution is -0.0772. The van der Waals surface area contributed by atoms with E-state index in [4.69, 9.17) is 0 Å². The number of thioether (sulfide) groups is 1. The van der Waals surface area contributed by atoms with Gasteiger partial charge in [-0.25, -0.2) is 13.2 Å². The van der Waals surface area contributed by atoms with Gasteiger partial charge in [0.2, 0.25) is 5.43 Å². The summed E-state index contributed by atoms with van der Waals surface area (Å²) in [4.78, 5) is 29.8. The molecule has 2 atom stereocenters. The molecule has 2 aliphatic rings. The molecule has 0 unspecified atom stereocenters. The number of fused-ring (bicyclic) bond motifs is 2. The highest BCUT2D eigenvalue weighted by Crippen LogP contribution is 2.42. The van der Waals surface area contributed by atoms with Crippen LogP contribution in [0.2, 0.25) is 0 Å². The zero-order valence-electron chi connectivity index (χ0n) is 18.4. The van der Waals surface area contributed by atoms with Crippen molar-refractivity contribution in [1.82, 2.24) is 15.2 Å². The molecule has 1 saturated heterocycles. The third-order valence-electron chi connectivity index (χ3n) is 6.40. The molecule has 10 heteroatoms. The van der Waals surface area contributed by atoms with Gasteiger partial charge in [-0.2, -0.15) is 0 Å². The molecule has 0 aliphatic carbocycles. The molecule has 0 spiro atoms. The number of nitrogens with zero attached hydrogens (tertiary/aromatic N) is 1. The van der Waals surface area contributed by atoms with Crippen molar-refractivity contribution < 1.29 is 23.1 Å². The predicted molar refractivity (Wildman–Crippen MR) is 125 cm³/mol. The molecule has 2 aliphatic heterocycles. The van der Waals surface area contributed by atoms with E-state index < -0.39 is 53.9 Å². The number of H-pyrrole nitrogens is 1. The van der Waals surface area contributed by atoms with Crippen molar-refractivity contribution in [1.29, 1.82) is 0 Å². The van der Waals surface area contributed by atoms with Gasteiger partial charge in [0, 0.05) is 47.9 Å². The van der Waals surface area contributed by atoms with Gasteiger partial charge < -0.3 is 15.0 Å². The Labute approximate surface area is 203 Å². The van der Waals surface area contributed by atoms with Gasteiger partial charge in [-0.05, 0) is 23.3 Å². The second kappa shape index (κ2) is 9.09. The summed E-state index contributed by atoms with van der Waals surface area (Å²) in [5.41, 5.74) is 0.664. The standard InChI is InChI=1S/C25H22F3N3O3S/c26-16-6-3-4-14-13-35-18-7-2-1-5-15(18)21(20(14)16)30-19-12-25(27,28)9-11-31(19)24(34)22-23(33)17(32)8-10-29-22/h1-8,10,19,21,30,33H,9,11-13H2,(H,29,32)/t19-,21+/m0/s1. The molecule has 3 N–H and O–H groups in total. The Balaban J connectivity index is 1.58. The van der Waals surface area contributed by atoms with Crippen LogP contribution >= 0.6 is 11.8 Å². The molecular weight excluding hydrogens is 479 g/mol. The van der Waals surface area contributed by atoms with Gasteiger partial charge >= 0.3 is 0 Å². The highest BCUT2D eigenvalue weighted by molar-refractivity contribution is 7.98. The number of nitrogens with one attached hydrogen (secondary N) is 2. The number of carbonyl (C=O) groups is 1. The van der Waals surface area contributed by atoms with Crippen LogP contribution in [0.1, 0.15) is 46.1 Å². The molecule has 0 saturated carbocycles. The Morgan fingerprint density at radius 3 is 2.80 bits per heavy atom. The maximum atomic E-state index is 15.2. The third-order valence-corrected chi connectivity index (χ3v) is 7.54. The van der Waals surface area contributed by atoms with E-state index in [0.29, 0.717) is 11.3 Å². The fourth-order valence-electron chi connectivity index (χ4n) is 4.66. The maximum absolute atomic E-state index is 15.2. The normalized spacial score (nSPS) is 21.1. The van der Waals surface area contributed by atoms with Crippen LogP contribution in [-0.2, 0) is 5.75 Å². The minimum Gasteiger partial charge on any atom is -0.503 e. The molecule has 1 fully saturated rings. The number of aromatic hydroxyl groups is 1. The lowest BCUT2D eigenvalue weighted by atomic mass is 9.93. The van der Waals surface area contributed by atoms with E-state index in [0.717, 1.165) is 22.1 Å². The van der Waals surface area contributed by atoms with Crippen molar-refractivity contribution >= 4 is 17.7 Å². The number of benzene rings is 2. The second-order valence-corrected chi connectivity index (χ2v) is 9.65. The minimum absolute atomic E-state index is 0.312. The molecular formula is C25H22F3N3O3S. The number of carbonyl (C=O) groups excluding carboxylic acids is 1. The summed E-state index contributed by atoms with van der Waals surface area (Å²) in [6.45, 7) is -0.312. The van der Waals surface area contributed by atoms with Gasteiger partial charge in [0.05, 0.1) is 12.2 Å². The number of aromatic amines is 1. The van der Waals surface area contributed by atoms with E-state index in [1.54, 1.807) is 18.2 Å². The highest BCUT2D eigenvalue weighted by Gasteiger charge is 2.44. The summed E-state index contributed by atoms with van der Waals surface area (Å²) in [6.07, 6.45) is -1.26. The topological polar surface area (TPSA) is 85.4 Å². The Morgan fingerprint density at radius 1 is 1.17 bits per heavy atom. The zero-order valence-corrected chi connectivity index (χ0v) is 19.2. The second-order valence-electron chi connectivity index (χ2n) is 8.63. The lowest BCUT2D eigenvalue weighted by Crippen LogP contribution is -2.57. The Hall–Kier alpha value is -3.24. The first kappa shape index (κ1) is 23.5. The van der Waals surface area contributed by atoms with Crippen molar-refractivity contribution in [3.63, 3.8) is 0 Å². The number of alkyl halides is 2. The Morgan fingerprint density at radius 2 is 1.97 bits per heavy atom. The Bertz CT molecular complexity index is 1350. The molecule has 6 nitrogen and oxygen atoms in total. The quantitative estimate of drug-likeness (QED) is 0.495. The van der Waals surface area contributed by atoms with Crippen LogP contribution in [0.25, 0.3) is 0 Å². The average Bonchev–Trinajstić information content (AvgIpc) is 2.98. The minimum atomic E-state index is -3.06. The summed E-state index contributed by atoms with van der Waals surface area (Å²) in [5, 5.41) is 13.3. The van der Waals surface area contributed by atoms with Crippen LogP contribution in [0.5, 0.6) is 5.75 Å². The monoisotopic (exact) mass is 501 g/mol. The molecule has 5 rings (SSSR count). The molecule has 3 heterocycles. The average molecular weight is 502 g/mol.